The number of hydrogen-bond acceptors (Lipinski definition) is 1. The molecule has 0 radical (unpaired) electrons. The van der Waals surface area contributed by atoms with Gasteiger partial charge in [0.25, 0.3) is 0 Å². The lowest BCUT2D eigenvalue weighted by Crippen LogP contribution is -2.27. The van der Waals surface area contributed by atoms with Crippen molar-refractivity contribution in [2.24, 2.45) is 5.92 Å². The van der Waals surface area contributed by atoms with Crippen molar-refractivity contribution in [1.82, 2.24) is 5.32 Å². The smallest absolute Gasteiger partial charge is 0.163 e. The van der Waals surface area contributed by atoms with Crippen LogP contribution in [0.15, 0.2) is 18.2 Å². The summed E-state index contributed by atoms with van der Waals surface area (Å²) in [6.07, 6.45) is 2.50. The molecule has 0 bridgehead atoms. The quantitative estimate of drug-likeness (QED) is 0.807. The van der Waals surface area contributed by atoms with Gasteiger partial charge in [-0.1, -0.05) is 12.1 Å². The Morgan fingerprint density at radius 2 is 2.13 bits per heavy atom. The molecule has 0 heterocycles. The summed E-state index contributed by atoms with van der Waals surface area (Å²) < 4.78 is 26.1. The normalized spacial score (nSPS) is 17.8. The van der Waals surface area contributed by atoms with Crippen LogP contribution in [0.2, 0.25) is 0 Å². The maximum Gasteiger partial charge on any atom is 0.163 e. The van der Waals surface area contributed by atoms with Crippen LogP contribution in [0, 0.1) is 17.6 Å². The molecule has 2 rings (SSSR count). The van der Waals surface area contributed by atoms with Gasteiger partial charge in [-0.25, -0.2) is 8.78 Å². The van der Waals surface area contributed by atoms with E-state index in [0.29, 0.717) is 18.2 Å². The van der Waals surface area contributed by atoms with Gasteiger partial charge in [0.2, 0.25) is 0 Å². The molecule has 0 aliphatic heterocycles. The minimum atomic E-state index is -0.770. The van der Waals surface area contributed by atoms with Crippen LogP contribution in [0.3, 0.4) is 0 Å². The first-order chi connectivity index (χ1) is 7.18. The molecule has 0 spiro atoms. The second-order valence-corrected chi connectivity index (χ2v) is 4.22. The highest BCUT2D eigenvalue weighted by atomic mass is 19.2. The summed E-state index contributed by atoms with van der Waals surface area (Å²) in [7, 11) is 0. The Morgan fingerprint density at radius 3 is 2.80 bits per heavy atom. The van der Waals surface area contributed by atoms with Gasteiger partial charge < -0.3 is 5.32 Å². The molecule has 1 aromatic rings. The minimum Gasteiger partial charge on any atom is -0.310 e. The fraction of sp³-hybridized carbons (Fsp3) is 0.500. The van der Waals surface area contributed by atoms with Crippen LogP contribution in [-0.4, -0.2) is 6.04 Å². The van der Waals surface area contributed by atoms with Crippen molar-refractivity contribution in [1.29, 1.82) is 0 Å². The van der Waals surface area contributed by atoms with Crippen LogP contribution in [0.4, 0.5) is 8.78 Å². The first-order valence-corrected chi connectivity index (χ1v) is 5.34. The van der Waals surface area contributed by atoms with Gasteiger partial charge in [-0.2, -0.15) is 0 Å². The minimum absolute atomic E-state index is 0.396. The van der Waals surface area contributed by atoms with E-state index >= 15 is 0 Å². The lowest BCUT2D eigenvalue weighted by atomic mass is 10.1. The van der Waals surface area contributed by atoms with Gasteiger partial charge in [-0.05, 0) is 31.7 Å². The maximum absolute atomic E-state index is 13.3. The van der Waals surface area contributed by atoms with Crippen molar-refractivity contribution in [2.75, 3.05) is 0 Å². The molecule has 1 fully saturated rings. The zero-order valence-corrected chi connectivity index (χ0v) is 8.76. The van der Waals surface area contributed by atoms with Gasteiger partial charge in [0.1, 0.15) is 0 Å². The average Bonchev–Trinajstić information content (AvgIpc) is 3.03. The van der Waals surface area contributed by atoms with Crippen molar-refractivity contribution >= 4 is 0 Å². The van der Waals surface area contributed by atoms with E-state index < -0.39 is 11.6 Å². The first kappa shape index (κ1) is 10.6. The largest absolute Gasteiger partial charge is 0.310 e. The Morgan fingerprint density at radius 1 is 1.40 bits per heavy atom. The molecule has 1 N–H and O–H groups in total. The molecule has 82 valence electrons. The van der Waals surface area contributed by atoms with Crippen molar-refractivity contribution < 1.29 is 8.78 Å². The molecule has 1 unspecified atom stereocenters. The average molecular weight is 211 g/mol. The molecule has 1 atom stereocenters. The molecule has 1 aromatic carbocycles. The molecule has 3 heteroatoms. The number of rotatable bonds is 4. The molecule has 0 saturated heterocycles. The monoisotopic (exact) mass is 211 g/mol. The van der Waals surface area contributed by atoms with Crippen molar-refractivity contribution in [3.63, 3.8) is 0 Å². The van der Waals surface area contributed by atoms with E-state index in [1.165, 1.54) is 18.9 Å². The summed E-state index contributed by atoms with van der Waals surface area (Å²) >= 11 is 0. The van der Waals surface area contributed by atoms with Crippen molar-refractivity contribution in [2.45, 2.75) is 32.4 Å². The zero-order chi connectivity index (χ0) is 10.8. The molecule has 1 aliphatic rings. The van der Waals surface area contributed by atoms with Gasteiger partial charge in [-0.3, -0.25) is 0 Å². The Balaban J connectivity index is 1.95. The number of benzene rings is 1. The molecule has 15 heavy (non-hydrogen) atoms. The van der Waals surface area contributed by atoms with Crippen molar-refractivity contribution in [3.8, 4) is 0 Å². The molecular formula is C12H15F2N. The second kappa shape index (κ2) is 4.27. The molecule has 1 nitrogen and oxygen atoms in total. The first-order valence-electron chi connectivity index (χ1n) is 5.34. The highest BCUT2D eigenvalue weighted by Gasteiger charge is 2.27. The van der Waals surface area contributed by atoms with Crippen molar-refractivity contribution in [3.05, 3.63) is 35.4 Å². The van der Waals surface area contributed by atoms with Gasteiger partial charge >= 0.3 is 0 Å². The van der Waals surface area contributed by atoms with E-state index in [-0.39, 0.29) is 0 Å². The summed E-state index contributed by atoms with van der Waals surface area (Å²) in [6, 6.07) is 4.69. The Bertz CT molecular complexity index is 347. The maximum atomic E-state index is 13.3. The van der Waals surface area contributed by atoms with Crippen LogP contribution < -0.4 is 5.32 Å². The highest BCUT2D eigenvalue weighted by Crippen LogP contribution is 2.32. The third-order valence-electron chi connectivity index (χ3n) is 2.98. The van der Waals surface area contributed by atoms with E-state index in [0.717, 1.165) is 12.0 Å². The number of nitrogens with one attached hydrogen (secondary N) is 1. The van der Waals surface area contributed by atoms with E-state index in [1.54, 1.807) is 6.07 Å². The Labute approximate surface area is 88.5 Å². The Hall–Kier alpha value is -0.960. The molecular weight excluding hydrogens is 196 g/mol. The number of hydrogen-bond donors (Lipinski definition) is 1. The van der Waals surface area contributed by atoms with E-state index in [4.69, 9.17) is 0 Å². The summed E-state index contributed by atoms with van der Waals surface area (Å²) in [5.74, 6) is -0.775. The lowest BCUT2D eigenvalue weighted by Gasteiger charge is -2.13. The van der Waals surface area contributed by atoms with E-state index in [2.05, 4.69) is 12.2 Å². The summed E-state index contributed by atoms with van der Waals surface area (Å²) in [6.45, 7) is 2.50. The van der Waals surface area contributed by atoms with Crippen LogP contribution in [-0.2, 0) is 6.54 Å². The Kier molecular flexibility index (Phi) is 3.00. The van der Waals surface area contributed by atoms with Gasteiger partial charge in [0, 0.05) is 18.2 Å². The standard InChI is InChI=1S/C12H15F2N/c1-8(9-5-6-9)15-7-10-3-2-4-11(13)12(10)14/h2-4,8-9,15H,5-7H2,1H3. The fourth-order valence-electron chi connectivity index (χ4n) is 1.72. The molecule has 1 aliphatic carbocycles. The van der Waals surface area contributed by atoms with Crippen LogP contribution in [0.5, 0.6) is 0 Å². The van der Waals surface area contributed by atoms with Crippen LogP contribution >= 0.6 is 0 Å². The topological polar surface area (TPSA) is 12.0 Å². The number of halogens is 2. The van der Waals surface area contributed by atoms with Gasteiger partial charge in [-0.15, -0.1) is 0 Å². The predicted octanol–water partition coefficient (Wildman–Crippen LogP) is 2.85. The predicted molar refractivity (Wildman–Crippen MR) is 55.4 cm³/mol. The second-order valence-electron chi connectivity index (χ2n) is 4.22. The van der Waals surface area contributed by atoms with E-state index in [1.807, 2.05) is 0 Å². The third kappa shape index (κ3) is 2.53. The van der Waals surface area contributed by atoms with Gasteiger partial charge in [0.15, 0.2) is 11.6 Å². The summed E-state index contributed by atoms with van der Waals surface area (Å²) in [5, 5.41) is 3.22. The SMILES string of the molecule is CC(NCc1cccc(F)c1F)C1CC1. The fourth-order valence-corrected chi connectivity index (χ4v) is 1.72. The zero-order valence-electron chi connectivity index (χ0n) is 8.76. The molecule has 0 amide bonds. The van der Waals surface area contributed by atoms with Gasteiger partial charge in [0.05, 0.1) is 0 Å². The van der Waals surface area contributed by atoms with E-state index in [9.17, 15) is 8.78 Å². The summed E-state index contributed by atoms with van der Waals surface area (Å²) in [4.78, 5) is 0. The molecule has 1 saturated carbocycles. The lowest BCUT2D eigenvalue weighted by molar-refractivity contribution is 0.465. The van der Waals surface area contributed by atoms with Crippen LogP contribution in [0.25, 0.3) is 0 Å². The highest BCUT2D eigenvalue weighted by molar-refractivity contribution is 5.18. The third-order valence-corrected chi connectivity index (χ3v) is 2.98. The summed E-state index contributed by atoms with van der Waals surface area (Å²) in [5.41, 5.74) is 0.405. The van der Waals surface area contributed by atoms with Crippen LogP contribution in [0.1, 0.15) is 25.3 Å². The molecule has 0 aromatic heterocycles.